The molecule has 0 bridgehead atoms. The monoisotopic (exact) mass is 400 g/mol. The van der Waals surface area contributed by atoms with Crippen molar-refractivity contribution in [2.75, 3.05) is 7.05 Å². The van der Waals surface area contributed by atoms with Gasteiger partial charge in [0.1, 0.15) is 0 Å². The smallest absolute Gasteiger partial charge is 0.253 e. The van der Waals surface area contributed by atoms with Crippen molar-refractivity contribution in [2.45, 2.75) is 56.5 Å². The number of hydrogen-bond donors (Lipinski definition) is 1. The van der Waals surface area contributed by atoms with Crippen molar-refractivity contribution in [1.82, 2.24) is 9.62 Å². The van der Waals surface area contributed by atoms with E-state index in [1.54, 1.807) is 24.1 Å². The molecule has 1 fully saturated rings. The highest BCUT2D eigenvalue weighted by Crippen LogP contribution is 2.23. The number of nitrogens with zero attached hydrogens (tertiary/aromatic N) is 1. The normalized spacial score (nSPS) is 14.7. The lowest BCUT2D eigenvalue weighted by atomic mass is 9.87. The topological polar surface area (TPSA) is 66.5 Å². The van der Waals surface area contributed by atoms with Gasteiger partial charge in [-0.1, -0.05) is 45.0 Å². The van der Waals surface area contributed by atoms with Crippen LogP contribution < -0.4 is 4.72 Å². The highest BCUT2D eigenvalue weighted by atomic mass is 32.2. The first-order valence-electron chi connectivity index (χ1n) is 9.53. The number of amides is 1. The quantitative estimate of drug-likeness (QED) is 0.804. The maximum Gasteiger partial charge on any atom is 0.253 e. The molecular weight excluding hydrogens is 372 g/mol. The first-order valence-corrected chi connectivity index (χ1v) is 11.0. The fraction of sp³-hybridized carbons (Fsp3) is 0.409. The molecule has 2 aromatic rings. The third-order valence-corrected chi connectivity index (χ3v) is 6.43. The molecule has 2 aromatic carbocycles. The summed E-state index contributed by atoms with van der Waals surface area (Å²) < 4.78 is 27.1. The Bertz CT molecular complexity index is 939. The highest BCUT2D eigenvalue weighted by Gasteiger charge is 2.28. The lowest BCUT2D eigenvalue weighted by Crippen LogP contribution is -2.27. The molecule has 0 radical (unpaired) electrons. The number of nitrogens with one attached hydrogen (secondary N) is 1. The van der Waals surface area contributed by atoms with Crippen molar-refractivity contribution in [3.63, 3.8) is 0 Å². The van der Waals surface area contributed by atoms with Crippen LogP contribution in [0.2, 0.25) is 0 Å². The Morgan fingerprint density at radius 3 is 2.11 bits per heavy atom. The molecule has 1 N–H and O–H groups in total. The molecule has 0 heterocycles. The summed E-state index contributed by atoms with van der Waals surface area (Å²) in [6, 6.07) is 14.5. The first kappa shape index (κ1) is 20.6. The zero-order chi connectivity index (χ0) is 20.5. The molecule has 28 heavy (non-hydrogen) atoms. The Labute approximate surface area is 167 Å². The molecule has 0 unspecified atom stereocenters. The second-order valence-electron chi connectivity index (χ2n) is 8.53. The van der Waals surface area contributed by atoms with Crippen LogP contribution in [0, 0.1) is 0 Å². The average molecular weight is 401 g/mol. The summed E-state index contributed by atoms with van der Waals surface area (Å²) in [6.07, 6.45) is 1.77. The van der Waals surface area contributed by atoms with Gasteiger partial charge in [0.25, 0.3) is 5.91 Å². The predicted octanol–water partition coefficient (Wildman–Crippen LogP) is 3.70. The van der Waals surface area contributed by atoms with Gasteiger partial charge in [0.05, 0.1) is 4.90 Å². The van der Waals surface area contributed by atoms with E-state index in [9.17, 15) is 13.2 Å². The van der Waals surface area contributed by atoms with Crippen molar-refractivity contribution >= 4 is 15.9 Å². The lowest BCUT2D eigenvalue weighted by molar-refractivity contribution is 0.0785. The molecule has 0 spiro atoms. The lowest BCUT2D eigenvalue weighted by Gasteiger charge is -2.21. The number of carbonyl (C=O) groups is 1. The van der Waals surface area contributed by atoms with Gasteiger partial charge < -0.3 is 4.90 Å². The standard InChI is InChI=1S/C22H28N2O3S/c1-22(2,3)18-9-5-16(6-10-18)15-24(4)21(25)17-7-13-20(14-8-17)28(26,27)23-19-11-12-19/h5-10,13-14,19,23H,11-12,15H2,1-4H3. The van der Waals surface area contributed by atoms with Gasteiger partial charge in [-0.2, -0.15) is 0 Å². The third-order valence-electron chi connectivity index (χ3n) is 4.90. The van der Waals surface area contributed by atoms with Crippen LogP contribution in [-0.4, -0.2) is 32.3 Å². The highest BCUT2D eigenvalue weighted by molar-refractivity contribution is 7.89. The molecular formula is C22H28N2O3S. The Balaban J connectivity index is 1.66. The van der Waals surface area contributed by atoms with Crippen LogP contribution in [0.25, 0.3) is 0 Å². The summed E-state index contributed by atoms with van der Waals surface area (Å²) in [5.41, 5.74) is 2.87. The molecule has 1 aliphatic rings. The number of rotatable bonds is 6. The summed E-state index contributed by atoms with van der Waals surface area (Å²) in [5.74, 6) is -0.140. The van der Waals surface area contributed by atoms with Gasteiger partial charge in [-0.25, -0.2) is 13.1 Å². The molecule has 0 aliphatic heterocycles. The molecule has 1 saturated carbocycles. The molecule has 6 heteroatoms. The summed E-state index contributed by atoms with van der Waals surface area (Å²) >= 11 is 0. The fourth-order valence-corrected chi connectivity index (χ4v) is 4.25. The molecule has 0 saturated heterocycles. The largest absolute Gasteiger partial charge is 0.337 e. The Morgan fingerprint density at radius 2 is 1.61 bits per heavy atom. The summed E-state index contributed by atoms with van der Waals surface area (Å²) in [7, 11) is -1.75. The van der Waals surface area contributed by atoms with E-state index < -0.39 is 10.0 Å². The van der Waals surface area contributed by atoms with E-state index >= 15 is 0 Å². The number of hydrogen-bond acceptors (Lipinski definition) is 3. The van der Waals surface area contributed by atoms with Gasteiger partial charge in [-0.15, -0.1) is 0 Å². The predicted molar refractivity (Wildman–Crippen MR) is 111 cm³/mol. The zero-order valence-corrected chi connectivity index (χ0v) is 17.7. The molecule has 1 aliphatic carbocycles. The minimum atomic E-state index is -3.50. The average Bonchev–Trinajstić information content (AvgIpc) is 3.44. The van der Waals surface area contributed by atoms with Gasteiger partial charge in [-0.05, 0) is 53.6 Å². The molecule has 1 amide bonds. The number of carbonyl (C=O) groups excluding carboxylic acids is 1. The Hall–Kier alpha value is -2.18. The van der Waals surface area contributed by atoms with Crippen LogP contribution in [0.5, 0.6) is 0 Å². The van der Waals surface area contributed by atoms with Crippen LogP contribution in [-0.2, 0) is 22.0 Å². The minimum Gasteiger partial charge on any atom is -0.337 e. The SMILES string of the molecule is CN(Cc1ccc(C(C)(C)C)cc1)C(=O)c1ccc(S(=O)(=O)NC2CC2)cc1. The maximum atomic E-state index is 12.7. The van der Waals surface area contributed by atoms with Gasteiger partial charge >= 0.3 is 0 Å². The number of benzene rings is 2. The summed E-state index contributed by atoms with van der Waals surface area (Å²) in [6.45, 7) is 7.00. The van der Waals surface area contributed by atoms with Crippen LogP contribution in [0.15, 0.2) is 53.4 Å². The second kappa shape index (κ2) is 7.68. The van der Waals surface area contributed by atoms with Crippen molar-refractivity contribution in [1.29, 1.82) is 0 Å². The molecule has 150 valence electrons. The fourth-order valence-electron chi connectivity index (χ4n) is 2.94. The number of sulfonamides is 1. The van der Waals surface area contributed by atoms with Crippen LogP contribution in [0.3, 0.4) is 0 Å². The third kappa shape index (κ3) is 5.00. The van der Waals surface area contributed by atoms with Crippen molar-refractivity contribution < 1.29 is 13.2 Å². The maximum absolute atomic E-state index is 12.7. The van der Waals surface area contributed by atoms with Crippen molar-refractivity contribution in [3.05, 3.63) is 65.2 Å². The first-order chi connectivity index (χ1) is 13.1. The summed E-state index contributed by atoms with van der Waals surface area (Å²) in [5, 5.41) is 0. The Morgan fingerprint density at radius 1 is 1.04 bits per heavy atom. The van der Waals surface area contributed by atoms with Gasteiger partial charge in [0.15, 0.2) is 0 Å². The van der Waals surface area contributed by atoms with E-state index in [1.165, 1.54) is 17.7 Å². The molecule has 5 nitrogen and oxygen atoms in total. The van der Waals surface area contributed by atoms with Crippen LogP contribution >= 0.6 is 0 Å². The molecule has 3 rings (SSSR count). The van der Waals surface area contributed by atoms with Crippen LogP contribution in [0.4, 0.5) is 0 Å². The van der Waals surface area contributed by atoms with Crippen LogP contribution in [0.1, 0.15) is 55.1 Å². The van der Waals surface area contributed by atoms with E-state index in [4.69, 9.17) is 0 Å². The van der Waals surface area contributed by atoms with E-state index in [0.29, 0.717) is 12.1 Å². The zero-order valence-electron chi connectivity index (χ0n) is 16.9. The minimum absolute atomic E-state index is 0.0575. The summed E-state index contributed by atoms with van der Waals surface area (Å²) in [4.78, 5) is 14.5. The molecule has 0 atom stereocenters. The van der Waals surface area contributed by atoms with Gasteiger partial charge in [0.2, 0.25) is 10.0 Å². The van der Waals surface area contributed by atoms with E-state index in [-0.39, 0.29) is 22.3 Å². The van der Waals surface area contributed by atoms with E-state index in [2.05, 4.69) is 37.6 Å². The Kier molecular flexibility index (Phi) is 5.64. The molecule has 0 aromatic heterocycles. The van der Waals surface area contributed by atoms with E-state index in [0.717, 1.165) is 18.4 Å². The van der Waals surface area contributed by atoms with Gasteiger partial charge in [-0.3, -0.25) is 4.79 Å². The van der Waals surface area contributed by atoms with E-state index in [1.807, 2.05) is 12.1 Å². The van der Waals surface area contributed by atoms with Gasteiger partial charge in [0, 0.05) is 25.2 Å². The van der Waals surface area contributed by atoms with Crippen molar-refractivity contribution in [2.24, 2.45) is 0 Å². The second-order valence-corrected chi connectivity index (χ2v) is 10.2. The van der Waals surface area contributed by atoms with Crippen molar-refractivity contribution in [3.8, 4) is 0 Å².